The zero-order chi connectivity index (χ0) is 8.97. The highest BCUT2D eigenvalue weighted by atomic mass is 16.3. The molecule has 0 aliphatic carbocycles. The van der Waals surface area contributed by atoms with E-state index in [-0.39, 0.29) is 12.6 Å². The number of hydrogen-bond acceptors (Lipinski definition) is 2. The number of aliphatic hydroxyl groups excluding tert-OH is 1. The molecule has 1 atom stereocenters. The number of nitrogens with one attached hydrogen (secondary N) is 1. The van der Waals surface area contributed by atoms with Crippen LogP contribution in [0.2, 0.25) is 0 Å². The first kappa shape index (κ1) is 9.32. The maximum atomic E-state index is 11.3. The monoisotopic (exact) mass is 172 g/mol. The summed E-state index contributed by atoms with van der Waals surface area (Å²) in [5, 5.41) is 11.1. The molecular weight excluding hydrogens is 156 g/mol. The van der Waals surface area contributed by atoms with E-state index in [0.717, 1.165) is 19.4 Å². The highest BCUT2D eigenvalue weighted by Gasteiger charge is 2.24. The fraction of sp³-hybridized carbons (Fsp3) is 0.875. The molecule has 0 bridgehead atoms. The Labute approximate surface area is 72.6 Å². The highest BCUT2D eigenvalue weighted by Crippen LogP contribution is 2.15. The molecule has 1 saturated heterocycles. The molecule has 12 heavy (non-hydrogen) atoms. The van der Waals surface area contributed by atoms with Crippen LogP contribution < -0.4 is 5.32 Å². The molecule has 0 aromatic rings. The molecule has 0 radical (unpaired) electrons. The molecule has 1 aliphatic heterocycles. The van der Waals surface area contributed by atoms with Crippen molar-refractivity contribution < 1.29 is 9.90 Å². The maximum Gasteiger partial charge on any atom is 0.317 e. The van der Waals surface area contributed by atoms with Crippen LogP contribution in [0.1, 0.15) is 19.8 Å². The van der Waals surface area contributed by atoms with Gasteiger partial charge in [0.05, 0.1) is 6.61 Å². The first-order valence-electron chi connectivity index (χ1n) is 4.41. The molecular formula is C8H16N2O2. The molecule has 70 valence electrons. The predicted octanol–water partition coefficient (Wildman–Crippen LogP) is 0.173. The van der Waals surface area contributed by atoms with Gasteiger partial charge in [0.25, 0.3) is 0 Å². The summed E-state index contributed by atoms with van der Waals surface area (Å²) >= 11 is 0. The van der Waals surface area contributed by atoms with E-state index in [2.05, 4.69) is 5.32 Å². The number of carbonyl (C=O) groups excluding carboxylic acids is 1. The second-order valence-corrected chi connectivity index (χ2v) is 3.14. The van der Waals surface area contributed by atoms with Crippen molar-refractivity contribution in [3.63, 3.8) is 0 Å². The van der Waals surface area contributed by atoms with Gasteiger partial charge in [0.2, 0.25) is 0 Å². The van der Waals surface area contributed by atoms with Crippen molar-refractivity contribution in [1.29, 1.82) is 0 Å². The number of aliphatic hydroxyl groups is 1. The first-order valence-corrected chi connectivity index (χ1v) is 4.41. The lowest BCUT2D eigenvalue weighted by Crippen LogP contribution is -2.42. The van der Waals surface area contributed by atoms with Crippen molar-refractivity contribution in [2.45, 2.75) is 25.8 Å². The summed E-state index contributed by atoms with van der Waals surface area (Å²) < 4.78 is 0. The topological polar surface area (TPSA) is 52.6 Å². The quantitative estimate of drug-likeness (QED) is 0.624. The van der Waals surface area contributed by atoms with E-state index in [9.17, 15) is 4.79 Å². The number of rotatable bonds is 2. The molecule has 0 saturated carbocycles. The summed E-state index contributed by atoms with van der Waals surface area (Å²) in [6.45, 7) is 3.25. The van der Waals surface area contributed by atoms with E-state index in [1.54, 1.807) is 0 Å². The molecule has 1 aliphatic rings. The molecule has 1 unspecified atom stereocenters. The van der Waals surface area contributed by atoms with Crippen molar-refractivity contribution in [3.05, 3.63) is 0 Å². The van der Waals surface area contributed by atoms with Gasteiger partial charge in [-0.05, 0) is 19.8 Å². The van der Waals surface area contributed by atoms with E-state index in [0.29, 0.717) is 12.6 Å². The minimum Gasteiger partial charge on any atom is -0.395 e. The average molecular weight is 172 g/mol. The van der Waals surface area contributed by atoms with Crippen LogP contribution in [0.4, 0.5) is 4.79 Å². The number of carbonyl (C=O) groups is 1. The third kappa shape index (κ3) is 2.11. The van der Waals surface area contributed by atoms with Crippen LogP contribution >= 0.6 is 0 Å². The lowest BCUT2D eigenvalue weighted by Gasteiger charge is -2.21. The van der Waals surface area contributed by atoms with Crippen molar-refractivity contribution in [1.82, 2.24) is 10.2 Å². The maximum absolute atomic E-state index is 11.3. The van der Waals surface area contributed by atoms with Gasteiger partial charge in [-0.1, -0.05) is 0 Å². The number of likely N-dealkylation sites (tertiary alicyclic amines) is 1. The van der Waals surface area contributed by atoms with Crippen LogP contribution in [0.5, 0.6) is 0 Å². The molecule has 4 heteroatoms. The molecule has 4 nitrogen and oxygen atoms in total. The Morgan fingerprint density at radius 3 is 3.00 bits per heavy atom. The van der Waals surface area contributed by atoms with E-state index in [1.165, 1.54) is 0 Å². The van der Waals surface area contributed by atoms with E-state index >= 15 is 0 Å². The molecule has 1 heterocycles. The Morgan fingerprint density at radius 2 is 2.50 bits per heavy atom. The summed E-state index contributed by atoms with van der Waals surface area (Å²) in [7, 11) is 0. The van der Waals surface area contributed by atoms with Gasteiger partial charge < -0.3 is 15.3 Å². The third-order valence-corrected chi connectivity index (χ3v) is 2.20. The predicted molar refractivity (Wildman–Crippen MR) is 45.9 cm³/mol. The van der Waals surface area contributed by atoms with E-state index in [1.807, 2.05) is 11.8 Å². The summed E-state index contributed by atoms with van der Waals surface area (Å²) in [5.41, 5.74) is 0. The van der Waals surface area contributed by atoms with Crippen molar-refractivity contribution >= 4 is 6.03 Å². The van der Waals surface area contributed by atoms with Crippen LogP contribution in [0.3, 0.4) is 0 Å². The van der Waals surface area contributed by atoms with Gasteiger partial charge in [0.15, 0.2) is 0 Å². The molecule has 1 fully saturated rings. The molecule has 0 aromatic heterocycles. The minimum absolute atomic E-state index is 0.00790. The molecule has 0 aromatic carbocycles. The second kappa shape index (κ2) is 4.30. The van der Waals surface area contributed by atoms with E-state index < -0.39 is 0 Å². The standard InChI is InChI=1S/C8H16N2O2/c1-7-3-2-5-10(7)8(12)9-4-6-11/h7,11H,2-6H2,1H3,(H,9,12). The van der Waals surface area contributed by atoms with E-state index in [4.69, 9.17) is 5.11 Å². The van der Waals surface area contributed by atoms with Crippen LogP contribution in [0.15, 0.2) is 0 Å². The lowest BCUT2D eigenvalue weighted by molar-refractivity contribution is 0.192. The van der Waals surface area contributed by atoms with Gasteiger partial charge in [-0.25, -0.2) is 4.79 Å². The third-order valence-electron chi connectivity index (χ3n) is 2.20. The normalized spacial score (nSPS) is 22.8. The van der Waals surface area contributed by atoms with Gasteiger partial charge in [0.1, 0.15) is 0 Å². The summed E-state index contributed by atoms with van der Waals surface area (Å²) in [5.74, 6) is 0. The Kier molecular flexibility index (Phi) is 3.34. The summed E-state index contributed by atoms with van der Waals surface area (Å²) in [6.07, 6.45) is 2.18. The zero-order valence-corrected chi connectivity index (χ0v) is 7.42. The Bertz CT molecular complexity index is 161. The fourth-order valence-electron chi connectivity index (χ4n) is 1.50. The van der Waals surface area contributed by atoms with Gasteiger partial charge in [-0.15, -0.1) is 0 Å². The smallest absolute Gasteiger partial charge is 0.317 e. The van der Waals surface area contributed by atoms with Crippen LogP contribution in [-0.4, -0.2) is 41.8 Å². The second-order valence-electron chi connectivity index (χ2n) is 3.14. The van der Waals surface area contributed by atoms with Crippen LogP contribution in [0, 0.1) is 0 Å². The van der Waals surface area contributed by atoms with Crippen LogP contribution in [0.25, 0.3) is 0 Å². The Morgan fingerprint density at radius 1 is 1.75 bits per heavy atom. The highest BCUT2D eigenvalue weighted by molar-refractivity contribution is 5.74. The number of urea groups is 1. The summed E-state index contributed by atoms with van der Waals surface area (Å²) in [4.78, 5) is 13.1. The molecule has 1 rings (SSSR count). The Balaban J connectivity index is 2.30. The van der Waals surface area contributed by atoms with Crippen molar-refractivity contribution in [2.75, 3.05) is 19.7 Å². The summed E-state index contributed by atoms with van der Waals surface area (Å²) in [6, 6.07) is 0.303. The van der Waals surface area contributed by atoms with Gasteiger partial charge >= 0.3 is 6.03 Å². The van der Waals surface area contributed by atoms with Crippen molar-refractivity contribution in [2.24, 2.45) is 0 Å². The average Bonchev–Trinajstić information content (AvgIpc) is 2.47. The number of nitrogens with zero attached hydrogens (tertiary/aromatic N) is 1. The molecule has 0 spiro atoms. The zero-order valence-electron chi connectivity index (χ0n) is 7.42. The largest absolute Gasteiger partial charge is 0.395 e. The molecule has 2 amide bonds. The fourth-order valence-corrected chi connectivity index (χ4v) is 1.50. The number of amides is 2. The van der Waals surface area contributed by atoms with Gasteiger partial charge in [-0.3, -0.25) is 0 Å². The lowest BCUT2D eigenvalue weighted by atomic mass is 10.2. The van der Waals surface area contributed by atoms with Crippen LogP contribution in [-0.2, 0) is 0 Å². The van der Waals surface area contributed by atoms with Crippen molar-refractivity contribution in [3.8, 4) is 0 Å². The van der Waals surface area contributed by atoms with Gasteiger partial charge in [-0.2, -0.15) is 0 Å². The van der Waals surface area contributed by atoms with Gasteiger partial charge in [0, 0.05) is 19.1 Å². The SMILES string of the molecule is CC1CCCN1C(=O)NCCO. The number of hydrogen-bond donors (Lipinski definition) is 2. The molecule has 2 N–H and O–H groups in total. The Hall–Kier alpha value is -0.770. The minimum atomic E-state index is -0.0472. The first-order chi connectivity index (χ1) is 5.75.